The van der Waals surface area contributed by atoms with Gasteiger partial charge >= 0.3 is 0 Å². The Labute approximate surface area is 141 Å². The lowest BCUT2D eigenvalue weighted by Gasteiger charge is -2.32. The highest BCUT2D eigenvalue weighted by Gasteiger charge is 2.23. The summed E-state index contributed by atoms with van der Waals surface area (Å²) in [5, 5.41) is 3.08. The number of nitrogens with zero attached hydrogens (tertiary/aromatic N) is 4. The number of nitrogens with one attached hydrogen (secondary N) is 1. The number of hydrogen-bond acceptors (Lipinski definition) is 6. The van der Waals surface area contributed by atoms with E-state index < -0.39 is 0 Å². The highest BCUT2D eigenvalue weighted by atomic mass is 16.5. The molecule has 1 aliphatic heterocycles. The van der Waals surface area contributed by atoms with Crippen LogP contribution in [-0.4, -0.2) is 46.6 Å². The third kappa shape index (κ3) is 3.79. The molecule has 3 heterocycles. The van der Waals surface area contributed by atoms with E-state index in [1.807, 2.05) is 6.92 Å². The van der Waals surface area contributed by atoms with E-state index in [2.05, 4.69) is 25.2 Å². The molecular weight excluding hydrogens is 306 g/mol. The third-order valence-corrected chi connectivity index (χ3v) is 3.96. The first kappa shape index (κ1) is 16.2. The molecule has 0 aliphatic carbocycles. The molecule has 2 aromatic heterocycles. The molecule has 7 nitrogen and oxygen atoms in total. The zero-order valence-corrected chi connectivity index (χ0v) is 13.7. The first-order chi connectivity index (χ1) is 11.8. The second-order valence-electron chi connectivity index (χ2n) is 5.57. The first-order valence-corrected chi connectivity index (χ1v) is 8.18. The van der Waals surface area contributed by atoms with Crippen LogP contribution in [0.4, 0.5) is 5.95 Å². The average Bonchev–Trinajstić information content (AvgIpc) is 2.64. The first-order valence-electron chi connectivity index (χ1n) is 8.18. The van der Waals surface area contributed by atoms with Gasteiger partial charge in [-0.25, -0.2) is 15.0 Å². The van der Waals surface area contributed by atoms with Gasteiger partial charge < -0.3 is 15.0 Å². The lowest BCUT2D eigenvalue weighted by molar-refractivity contribution is 0.0926. The van der Waals surface area contributed by atoms with Crippen molar-refractivity contribution in [1.29, 1.82) is 0 Å². The maximum atomic E-state index is 12.5. The summed E-state index contributed by atoms with van der Waals surface area (Å²) in [4.78, 5) is 27.3. The van der Waals surface area contributed by atoms with Crippen molar-refractivity contribution in [2.45, 2.75) is 25.8 Å². The van der Waals surface area contributed by atoms with Gasteiger partial charge in [-0.05, 0) is 38.0 Å². The number of hydrogen-bond donors (Lipinski definition) is 1. The minimum Gasteiger partial charge on any atom is -0.477 e. The van der Waals surface area contributed by atoms with Crippen LogP contribution >= 0.6 is 0 Å². The van der Waals surface area contributed by atoms with Gasteiger partial charge in [-0.1, -0.05) is 0 Å². The van der Waals surface area contributed by atoms with Gasteiger partial charge in [0.1, 0.15) is 5.56 Å². The molecule has 1 fully saturated rings. The van der Waals surface area contributed by atoms with Crippen LogP contribution in [0.25, 0.3) is 0 Å². The number of aromatic nitrogens is 3. The quantitative estimate of drug-likeness (QED) is 0.900. The summed E-state index contributed by atoms with van der Waals surface area (Å²) in [6, 6.07) is 5.42. The largest absolute Gasteiger partial charge is 0.477 e. The second kappa shape index (κ2) is 7.72. The molecule has 0 radical (unpaired) electrons. The molecule has 1 saturated heterocycles. The third-order valence-electron chi connectivity index (χ3n) is 3.96. The molecule has 2 aromatic rings. The molecule has 0 unspecified atom stereocenters. The van der Waals surface area contributed by atoms with Crippen LogP contribution in [0.2, 0.25) is 0 Å². The van der Waals surface area contributed by atoms with Crippen LogP contribution in [0.1, 0.15) is 30.1 Å². The molecule has 7 heteroatoms. The number of anilines is 1. The van der Waals surface area contributed by atoms with Gasteiger partial charge in [0, 0.05) is 37.7 Å². The van der Waals surface area contributed by atoms with Crippen LogP contribution in [0, 0.1) is 0 Å². The minimum atomic E-state index is -0.138. The van der Waals surface area contributed by atoms with Crippen LogP contribution in [-0.2, 0) is 0 Å². The Balaban J connectivity index is 1.57. The molecule has 0 aromatic carbocycles. The highest BCUT2D eigenvalue weighted by Crippen LogP contribution is 2.18. The summed E-state index contributed by atoms with van der Waals surface area (Å²) in [6.07, 6.45) is 6.82. The fraction of sp³-hybridized carbons (Fsp3) is 0.412. The van der Waals surface area contributed by atoms with Gasteiger partial charge in [-0.15, -0.1) is 0 Å². The molecule has 1 N–H and O–H groups in total. The van der Waals surface area contributed by atoms with Crippen LogP contribution in [0.3, 0.4) is 0 Å². The summed E-state index contributed by atoms with van der Waals surface area (Å²) in [5.74, 6) is 0.988. The van der Waals surface area contributed by atoms with Crippen molar-refractivity contribution in [2.24, 2.45) is 0 Å². The van der Waals surface area contributed by atoms with E-state index in [-0.39, 0.29) is 11.9 Å². The molecule has 24 heavy (non-hydrogen) atoms. The molecule has 1 aliphatic rings. The van der Waals surface area contributed by atoms with Crippen molar-refractivity contribution >= 4 is 11.9 Å². The predicted molar refractivity (Wildman–Crippen MR) is 90.1 cm³/mol. The number of piperidine rings is 1. The highest BCUT2D eigenvalue weighted by molar-refractivity contribution is 5.96. The van der Waals surface area contributed by atoms with Gasteiger partial charge in [0.25, 0.3) is 5.91 Å². The summed E-state index contributed by atoms with van der Waals surface area (Å²) in [6.45, 7) is 3.99. The van der Waals surface area contributed by atoms with Crippen molar-refractivity contribution in [1.82, 2.24) is 20.3 Å². The van der Waals surface area contributed by atoms with E-state index in [9.17, 15) is 4.79 Å². The Bertz CT molecular complexity index is 672. The molecule has 1 amide bonds. The fourth-order valence-corrected chi connectivity index (χ4v) is 2.76. The van der Waals surface area contributed by atoms with Gasteiger partial charge in [0.2, 0.25) is 11.8 Å². The lowest BCUT2D eigenvalue weighted by Crippen LogP contribution is -2.45. The van der Waals surface area contributed by atoms with Crippen LogP contribution in [0.5, 0.6) is 5.88 Å². The van der Waals surface area contributed by atoms with E-state index in [1.165, 1.54) is 0 Å². The topological polar surface area (TPSA) is 80.2 Å². The molecule has 126 valence electrons. The van der Waals surface area contributed by atoms with Crippen molar-refractivity contribution in [3.8, 4) is 5.88 Å². The molecule has 3 rings (SSSR count). The minimum absolute atomic E-state index is 0.132. The summed E-state index contributed by atoms with van der Waals surface area (Å²) in [5.41, 5.74) is 0.480. The number of rotatable bonds is 5. The number of carbonyl (C=O) groups is 1. The normalized spacial score (nSPS) is 15.1. The zero-order chi connectivity index (χ0) is 16.8. The van der Waals surface area contributed by atoms with E-state index in [0.29, 0.717) is 18.1 Å². The Hall–Kier alpha value is -2.70. The maximum absolute atomic E-state index is 12.5. The van der Waals surface area contributed by atoms with E-state index in [0.717, 1.165) is 31.9 Å². The standard InChI is InChI=1S/C17H21N5O2/c1-2-24-16-14(5-3-8-18-16)15(23)21-13-6-11-22(12-7-13)17-19-9-4-10-20-17/h3-5,8-10,13H,2,6-7,11-12H2,1H3,(H,21,23). The molecular formula is C17H21N5O2. The van der Waals surface area contributed by atoms with E-state index in [4.69, 9.17) is 4.74 Å². The van der Waals surface area contributed by atoms with Crippen molar-refractivity contribution < 1.29 is 9.53 Å². The van der Waals surface area contributed by atoms with Gasteiger partial charge in [-0.3, -0.25) is 4.79 Å². The van der Waals surface area contributed by atoms with Crippen molar-refractivity contribution in [2.75, 3.05) is 24.6 Å². The Morgan fingerprint density at radius 2 is 1.92 bits per heavy atom. The monoisotopic (exact) mass is 327 g/mol. The Morgan fingerprint density at radius 3 is 2.62 bits per heavy atom. The SMILES string of the molecule is CCOc1ncccc1C(=O)NC1CCN(c2ncccn2)CC1. The second-order valence-corrected chi connectivity index (χ2v) is 5.57. The van der Waals surface area contributed by atoms with Crippen molar-refractivity contribution in [3.05, 3.63) is 42.4 Å². The van der Waals surface area contributed by atoms with E-state index in [1.54, 1.807) is 36.8 Å². The molecule has 0 atom stereocenters. The maximum Gasteiger partial charge on any atom is 0.256 e. The van der Waals surface area contributed by atoms with Gasteiger partial charge in [0.05, 0.1) is 6.61 Å². The number of ether oxygens (including phenoxy) is 1. The summed E-state index contributed by atoms with van der Waals surface area (Å²) < 4.78 is 5.43. The summed E-state index contributed by atoms with van der Waals surface area (Å²) in [7, 11) is 0. The number of pyridine rings is 1. The number of carbonyl (C=O) groups excluding carboxylic acids is 1. The fourth-order valence-electron chi connectivity index (χ4n) is 2.76. The number of amides is 1. The van der Waals surface area contributed by atoms with E-state index >= 15 is 0 Å². The van der Waals surface area contributed by atoms with Crippen LogP contribution in [0.15, 0.2) is 36.8 Å². The smallest absolute Gasteiger partial charge is 0.256 e. The molecule has 0 saturated carbocycles. The Kier molecular flexibility index (Phi) is 5.20. The molecule has 0 spiro atoms. The predicted octanol–water partition coefficient (Wildman–Crippen LogP) is 1.67. The van der Waals surface area contributed by atoms with Crippen molar-refractivity contribution in [3.63, 3.8) is 0 Å². The summed E-state index contributed by atoms with van der Waals surface area (Å²) >= 11 is 0. The lowest BCUT2D eigenvalue weighted by atomic mass is 10.0. The molecule has 0 bridgehead atoms. The zero-order valence-electron chi connectivity index (χ0n) is 13.7. The van der Waals surface area contributed by atoms with Crippen LogP contribution < -0.4 is 15.0 Å². The van der Waals surface area contributed by atoms with Gasteiger partial charge in [-0.2, -0.15) is 0 Å². The Morgan fingerprint density at radius 1 is 1.21 bits per heavy atom. The average molecular weight is 327 g/mol. The van der Waals surface area contributed by atoms with Gasteiger partial charge in [0.15, 0.2) is 0 Å².